The number of rotatable bonds is 6. The Morgan fingerprint density at radius 1 is 1.27 bits per heavy atom. The summed E-state index contributed by atoms with van der Waals surface area (Å²) in [7, 11) is -1.72. The predicted octanol–water partition coefficient (Wildman–Crippen LogP) is 1.97. The number of epoxide rings is 1. The van der Waals surface area contributed by atoms with Gasteiger partial charge >= 0.3 is 8.56 Å². The molecule has 4 nitrogen and oxygen atoms in total. The van der Waals surface area contributed by atoms with Gasteiger partial charge in [0.2, 0.25) is 0 Å². The van der Waals surface area contributed by atoms with Crippen molar-refractivity contribution in [3.63, 3.8) is 0 Å². The van der Waals surface area contributed by atoms with Crippen LogP contribution in [0.3, 0.4) is 0 Å². The van der Waals surface area contributed by atoms with Crippen molar-refractivity contribution in [3.05, 3.63) is 0 Å². The van der Waals surface area contributed by atoms with Gasteiger partial charge in [-0.1, -0.05) is 6.92 Å². The molecule has 91 valence electrons. The molecular formula is C10H23O4Si. The van der Waals surface area contributed by atoms with E-state index in [0.717, 1.165) is 19.3 Å². The minimum Gasteiger partial charge on any atom is -0.395 e. The summed E-state index contributed by atoms with van der Waals surface area (Å²) < 4.78 is 15.6. The standard InChI is InChI=1S/C7H18O2Si.C3H5O2/c1-5-8-10(4,7-3)9-6-2;4-1-3-2-5-3/h5-7H2,1-4H3;3H,1-2H2. The van der Waals surface area contributed by atoms with Gasteiger partial charge in [-0.2, -0.15) is 0 Å². The Morgan fingerprint density at radius 3 is 1.87 bits per heavy atom. The molecule has 1 unspecified atom stereocenters. The third-order valence-corrected chi connectivity index (χ3v) is 5.21. The molecule has 5 heteroatoms. The molecule has 1 atom stereocenters. The number of ether oxygens (including phenoxy) is 1. The highest BCUT2D eigenvalue weighted by Crippen LogP contribution is 2.11. The Kier molecular flexibility index (Phi) is 8.27. The van der Waals surface area contributed by atoms with E-state index in [4.69, 9.17) is 8.85 Å². The maximum atomic E-state index is 9.57. The number of hydrogen-bond donors (Lipinski definition) is 0. The molecule has 0 N–H and O–H groups in total. The third-order valence-electron chi connectivity index (χ3n) is 2.13. The van der Waals surface area contributed by atoms with E-state index in [9.17, 15) is 5.11 Å². The first-order valence-corrected chi connectivity index (χ1v) is 8.11. The first-order chi connectivity index (χ1) is 7.11. The Morgan fingerprint density at radius 2 is 1.73 bits per heavy atom. The van der Waals surface area contributed by atoms with Gasteiger partial charge in [-0.3, -0.25) is 0 Å². The molecule has 0 bridgehead atoms. The fourth-order valence-electron chi connectivity index (χ4n) is 1.02. The molecule has 15 heavy (non-hydrogen) atoms. The van der Waals surface area contributed by atoms with Crippen LogP contribution in [-0.2, 0) is 18.7 Å². The van der Waals surface area contributed by atoms with Crippen molar-refractivity contribution in [3.8, 4) is 0 Å². The van der Waals surface area contributed by atoms with Crippen molar-refractivity contribution in [1.29, 1.82) is 0 Å². The normalized spacial score (nSPS) is 19.4. The first kappa shape index (κ1) is 15.1. The van der Waals surface area contributed by atoms with Crippen molar-refractivity contribution in [2.24, 2.45) is 0 Å². The maximum Gasteiger partial charge on any atom is 0.334 e. The fraction of sp³-hybridized carbons (Fsp3) is 1.00. The molecule has 1 aliphatic rings. The molecule has 1 saturated heterocycles. The predicted molar refractivity (Wildman–Crippen MR) is 60.6 cm³/mol. The van der Waals surface area contributed by atoms with Crippen molar-refractivity contribution < 1.29 is 18.7 Å². The lowest BCUT2D eigenvalue weighted by Gasteiger charge is -2.23. The summed E-state index contributed by atoms with van der Waals surface area (Å²) in [5.41, 5.74) is 0. The molecule has 1 fully saturated rings. The largest absolute Gasteiger partial charge is 0.395 e. The molecule has 1 radical (unpaired) electrons. The van der Waals surface area contributed by atoms with Gasteiger partial charge in [0, 0.05) is 13.2 Å². The third kappa shape index (κ3) is 7.93. The van der Waals surface area contributed by atoms with Gasteiger partial charge in [-0.15, -0.1) is 0 Å². The zero-order valence-corrected chi connectivity index (χ0v) is 11.2. The second kappa shape index (κ2) is 8.24. The Labute approximate surface area is 93.8 Å². The van der Waals surface area contributed by atoms with Crippen LogP contribution in [0.5, 0.6) is 0 Å². The van der Waals surface area contributed by atoms with E-state index in [0.29, 0.717) is 6.61 Å². The van der Waals surface area contributed by atoms with E-state index in [2.05, 4.69) is 18.2 Å². The molecule has 1 aliphatic heterocycles. The SMILES string of the molecule is CCO[Si](C)(CC)OCC.[O]CC1CO1. The smallest absolute Gasteiger partial charge is 0.334 e. The van der Waals surface area contributed by atoms with Crippen LogP contribution in [0.25, 0.3) is 0 Å². The van der Waals surface area contributed by atoms with Crippen molar-refractivity contribution >= 4 is 8.56 Å². The molecule has 0 aromatic heterocycles. The van der Waals surface area contributed by atoms with Gasteiger partial charge in [-0.25, -0.2) is 5.11 Å². The van der Waals surface area contributed by atoms with Crippen LogP contribution in [0.2, 0.25) is 12.6 Å². The van der Waals surface area contributed by atoms with E-state index in [1.54, 1.807) is 0 Å². The average Bonchev–Trinajstić information content (AvgIpc) is 3.03. The summed E-state index contributed by atoms with van der Waals surface area (Å²) >= 11 is 0. The van der Waals surface area contributed by atoms with E-state index >= 15 is 0 Å². The van der Waals surface area contributed by atoms with Crippen molar-refractivity contribution in [2.45, 2.75) is 39.5 Å². The van der Waals surface area contributed by atoms with Crippen molar-refractivity contribution in [2.75, 3.05) is 26.4 Å². The lowest BCUT2D eigenvalue weighted by atomic mass is 10.5. The van der Waals surface area contributed by atoms with Gasteiger partial charge in [0.15, 0.2) is 0 Å². The Bertz CT molecular complexity index is 144. The van der Waals surface area contributed by atoms with Gasteiger partial charge in [0.05, 0.1) is 6.61 Å². The molecule has 0 spiro atoms. The highest BCUT2D eigenvalue weighted by atomic mass is 28.4. The molecule has 0 saturated carbocycles. The first-order valence-electron chi connectivity index (χ1n) is 5.59. The summed E-state index contributed by atoms with van der Waals surface area (Å²) in [6.45, 7) is 10.5. The van der Waals surface area contributed by atoms with Gasteiger partial charge < -0.3 is 13.6 Å². The van der Waals surface area contributed by atoms with Gasteiger partial charge in [-0.05, 0) is 26.4 Å². The van der Waals surface area contributed by atoms with E-state index in [1.165, 1.54) is 0 Å². The molecule has 0 aromatic rings. The summed E-state index contributed by atoms with van der Waals surface area (Å²) in [5.74, 6) is 0. The summed E-state index contributed by atoms with van der Waals surface area (Å²) in [6, 6.07) is 1.04. The molecular weight excluding hydrogens is 212 g/mol. The Hall–Kier alpha value is 0.0569. The molecule has 1 rings (SSSR count). The lowest BCUT2D eigenvalue weighted by Crippen LogP contribution is -2.37. The molecule has 1 heterocycles. The van der Waals surface area contributed by atoms with Crippen LogP contribution in [0.1, 0.15) is 20.8 Å². The highest BCUT2D eigenvalue weighted by Gasteiger charge is 2.27. The van der Waals surface area contributed by atoms with Crippen LogP contribution in [0, 0.1) is 0 Å². The second-order valence-corrected chi connectivity index (χ2v) is 7.03. The van der Waals surface area contributed by atoms with Crippen LogP contribution in [-0.4, -0.2) is 41.1 Å². The minimum absolute atomic E-state index is 0.0556. The zero-order valence-electron chi connectivity index (χ0n) is 10.2. The van der Waals surface area contributed by atoms with E-state index in [1.807, 2.05) is 13.8 Å². The average molecular weight is 235 g/mol. The zero-order chi connectivity index (χ0) is 11.7. The Balaban J connectivity index is 0.000000322. The van der Waals surface area contributed by atoms with E-state index in [-0.39, 0.29) is 12.7 Å². The van der Waals surface area contributed by atoms with Crippen LogP contribution < -0.4 is 0 Å². The van der Waals surface area contributed by atoms with E-state index < -0.39 is 8.56 Å². The van der Waals surface area contributed by atoms with Crippen LogP contribution >= 0.6 is 0 Å². The van der Waals surface area contributed by atoms with Crippen LogP contribution in [0.4, 0.5) is 0 Å². The molecule has 0 aromatic carbocycles. The van der Waals surface area contributed by atoms with Crippen molar-refractivity contribution in [1.82, 2.24) is 0 Å². The monoisotopic (exact) mass is 235 g/mol. The summed E-state index contributed by atoms with van der Waals surface area (Å²) in [6.07, 6.45) is 0.0787. The van der Waals surface area contributed by atoms with Gasteiger partial charge in [0.25, 0.3) is 0 Å². The maximum absolute atomic E-state index is 9.57. The lowest BCUT2D eigenvalue weighted by molar-refractivity contribution is 0.164. The quantitative estimate of drug-likeness (QED) is 0.522. The van der Waals surface area contributed by atoms with Gasteiger partial charge in [0.1, 0.15) is 12.7 Å². The van der Waals surface area contributed by atoms with Crippen LogP contribution in [0.15, 0.2) is 0 Å². The summed E-state index contributed by atoms with van der Waals surface area (Å²) in [4.78, 5) is 0. The summed E-state index contributed by atoms with van der Waals surface area (Å²) in [5, 5.41) is 9.57. The molecule has 0 amide bonds. The second-order valence-electron chi connectivity index (χ2n) is 3.48. The highest BCUT2D eigenvalue weighted by molar-refractivity contribution is 6.65. The minimum atomic E-state index is -1.72. The number of hydrogen-bond acceptors (Lipinski definition) is 3. The molecule has 0 aliphatic carbocycles. The topological polar surface area (TPSA) is 50.9 Å². The fourth-order valence-corrected chi connectivity index (χ4v) is 2.73.